The number of nitrogens with zero attached hydrogens (tertiary/aromatic N) is 1. The van der Waals surface area contributed by atoms with E-state index in [4.69, 9.17) is 12.2 Å². The first kappa shape index (κ1) is 15.8. The molecule has 5 heteroatoms. The average molecular weight is 349 g/mol. The van der Waals surface area contributed by atoms with Crippen LogP contribution in [0.4, 0.5) is 0 Å². The van der Waals surface area contributed by atoms with Crippen LogP contribution in [-0.2, 0) is 11.2 Å². The van der Waals surface area contributed by atoms with E-state index in [0.29, 0.717) is 11.5 Å². The highest BCUT2D eigenvalue weighted by molar-refractivity contribution is 7.80. The summed E-state index contributed by atoms with van der Waals surface area (Å²) in [5.74, 6) is 0.0339. The number of carbonyl (C=O) groups is 1. The van der Waals surface area contributed by atoms with Gasteiger partial charge in [0.2, 0.25) is 0 Å². The van der Waals surface area contributed by atoms with Crippen molar-refractivity contribution in [2.75, 3.05) is 0 Å². The van der Waals surface area contributed by atoms with Crippen LogP contribution in [0.1, 0.15) is 24.1 Å². The van der Waals surface area contributed by atoms with Crippen LogP contribution in [0.3, 0.4) is 0 Å². The second-order valence-electron chi connectivity index (χ2n) is 6.36. The summed E-state index contributed by atoms with van der Waals surface area (Å²) in [6, 6.07) is 17.7. The average Bonchev–Trinajstić information content (AvgIpc) is 3.17. The first-order chi connectivity index (χ1) is 12.1. The monoisotopic (exact) mass is 349 g/mol. The lowest BCUT2D eigenvalue weighted by atomic mass is 10.0. The Bertz CT molecular complexity index is 934. The van der Waals surface area contributed by atoms with Gasteiger partial charge in [0.05, 0.1) is 6.04 Å². The first-order valence-electron chi connectivity index (χ1n) is 8.38. The van der Waals surface area contributed by atoms with E-state index in [-0.39, 0.29) is 18.0 Å². The van der Waals surface area contributed by atoms with E-state index in [0.717, 1.165) is 22.0 Å². The lowest BCUT2D eigenvalue weighted by Gasteiger charge is -2.23. The molecule has 0 bridgehead atoms. The molecule has 2 N–H and O–H groups in total. The van der Waals surface area contributed by atoms with Gasteiger partial charge in [-0.3, -0.25) is 9.69 Å². The van der Waals surface area contributed by atoms with Crippen LogP contribution in [0.25, 0.3) is 10.9 Å². The molecule has 0 unspecified atom stereocenters. The van der Waals surface area contributed by atoms with E-state index in [1.807, 2.05) is 61.7 Å². The highest BCUT2D eigenvalue weighted by Gasteiger charge is 2.38. The largest absolute Gasteiger partial charge is 0.361 e. The number of fused-ring (bicyclic) bond motifs is 1. The molecule has 0 aliphatic carbocycles. The third-order valence-electron chi connectivity index (χ3n) is 4.82. The minimum absolute atomic E-state index is 0.0339. The van der Waals surface area contributed by atoms with Crippen LogP contribution >= 0.6 is 12.2 Å². The van der Waals surface area contributed by atoms with Crippen molar-refractivity contribution < 1.29 is 4.79 Å². The Morgan fingerprint density at radius 3 is 2.64 bits per heavy atom. The smallest absolute Gasteiger partial charge is 0.252 e. The number of amides is 1. The van der Waals surface area contributed by atoms with E-state index in [2.05, 4.69) is 16.4 Å². The zero-order valence-electron chi connectivity index (χ0n) is 13.9. The Balaban J connectivity index is 1.57. The first-order valence-corrected chi connectivity index (χ1v) is 8.79. The van der Waals surface area contributed by atoms with Crippen LogP contribution < -0.4 is 5.32 Å². The Morgan fingerprint density at radius 1 is 1.12 bits per heavy atom. The molecule has 1 aromatic heterocycles. The van der Waals surface area contributed by atoms with Crippen molar-refractivity contribution in [3.63, 3.8) is 0 Å². The summed E-state index contributed by atoms with van der Waals surface area (Å²) in [5.41, 5.74) is 3.28. The number of thiocarbonyl (C=S) groups is 1. The molecule has 0 spiro atoms. The van der Waals surface area contributed by atoms with Gasteiger partial charge in [0, 0.05) is 23.5 Å². The molecule has 1 amide bonds. The van der Waals surface area contributed by atoms with Crippen molar-refractivity contribution in [2.45, 2.75) is 25.4 Å². The normalized spacial score (nSPS) is 18.6. The molecule has 0 saturated carbocycles. The second kappa shape index (κ2) is 6.33. The molecule has 0 radical (unpaired) electrons. The van der Waals surface area contributed by atoms with Crippen molar-refractivity contribution in [1.82, 2.24) is 15.2 Å². The Morgan fingerprint density at radius 2 is 1.84 bits per heavy atom. The van der Waals surface area contributed by atoms with Crippen LogP contribution in [0.5, 0.6) is 0 Å². The van der Waals surface area contributed by atoms with E-state index in [1.165, 1.54) is 0 Å². The third-order valence-corrected chi connectivity index (χ3v) is 5.13. The Hall–Kier alpha value is -2.66. The molecule has 1 aliphatic heterocycles. The number of hydrogen-bond donors (Lipinski definition) is 2. The van der Waals surface area contributed by atoms with Gasteiger partial charge in [-0.15, -0.1) is 0 Å². The highest BCUT2D eigenvalue weighted by Crippen LogP contribution is 2.26. The SMILES string of the molecule is C[C@H](c1ccccc1)N1C(=O)[C@H](Cc2c[nH]c3ccccc23)NC1=S. The summed E-state index contributed by atoms with van der Waals surface area (Å²) in [4.78, 5) is 17.9. The predicted molar refractivity (Wildman–Crippen MR) is 103 cm³/mol. The number of nitrogens with one attached hydrogen (secondary N) is 2. The van der Waals surface area contributed by atoms with Gasteiger partial charge in [0.25, 0.3) is 5.91 Å². The number of aromatic nitrogens is 1. The summed E-state index contributed by atoms with van der Waals surface area (Å²) in [5, 5.41) is 4.86. The number of benzene rings is 2. The fourth-order valence-corrected chi connectivity index (χ4v) is 3.84. The van der Waals surface area contributed by atoms with Gasteiger partial charge in [-0.2, -0.15) is 0 Å². The van der Waals surface area contributed by atoms with E-state index in [9.17, 15) is 4.79 Å². The minimum atomic E-state index is -0.321. The molecule has 3 aromatic rings. The van der Waals surface area contributed by atoms with Crippen molar-refractivity contribution >= 4 is 34.1 Å². The van der Waals surface area contributed by atoms with Crippen molar-refractivity contribution in [3.05, 3.63) is 71.9 Å². The van der Waals surface area contributed by atoms with E-state index >= 15 is 0 Å². The van der Waals surface area contributed by atoms with Crippen LogP contribution in [0.2, 0.25) is 0 Å². The fraction of sp³-hybridized carbons (Fsp3) is 0.200. The lowest BCUT2D eigenvalue weighted by Crippen LogP contribution is -2.34. The molecule has 4 nitrogen and oxygen atoms in total. The quantitative estimate of drug-likeness (QED) is 0.708. The number of para-hydroxylation sites is 1. The third kappa shape index (κ3) is 2.81. The van der Waals surface area contributed by atoms with E-state index < -0.39 is 0 Å². The molecule has 1 aliphatic rings. The van der Waals surface area contributed by atoms with Crippen LogP contribution in [0.15, 0.2) is 60.8 Å². The molecular formula is C20H19N3OS. The number of carbonyl (C=O) groups excluding carboxylic acids is 1. The Labute approximate surface area is 151 Å². The molecule has 2 atom stereocenters. The maximum absolute atomic E-state index is 13.0. The summed E-state index contributed by atoms with van der Waals surface area (Å²) < 4.78 is 0. The molecular weight excluding hydrogens is 330 g/mol. The Kier molecular flexibility index (Phi) is 4.01. The second-order valence-corrected chi connectivity index (χ2v) is 6.75. The lowest BCUT2D eigenvalue weighted by molar-refractivity contribution is -0.128. The van der Waals surface area contributed by atoms with Crippen molar-refractivity contribution in [2.24, 2.45) is 0 Å². The van der Waals surface area contributed by atoms with Gasteiger partial charge in [-0.25, -0.2) is 0 Å². The zero-order chi connectivity index (χ0) is 17.4. The van der Waals surface area contributed by atoms with E-state index in [1.54, 1.807) is 4.90 Å². The van der Waals surface area contributed by atoms with Gasteiger partial charge in [-0.05, 0) is 36.3 Å². The van der Waals surface area contributed by atoms with Crippen molar-refractivity contribution in [3.8, 4) is 0 Å². The number of hydrogen-bond acceptors (Lipinski definition) is 2. The van der Waals surface area contributed by atoms with Gasteiger partial charge in [0.1, 0.15) is 6.04 Å². The molecule has 1 saturated heterocycles. The van der Waals surface area contributed by atoms with Gasteiger partial charge < -0.3 is 10.3 Å². The van der Waals surface area contributed by atoms with Gasteiger partial charge >= 0.3 is 0 Å². The van der Waals surface area contributed by atoms with Crippen LogP contribution in [0, 0.1) is 0 Å². The number of H-pyrrole nitrogens is 1. The maximum atomic E-state index is 13.0. The fourth-order valence-electron chi connectivity index (χ4n) is 3.45. The number of aromatic amines is 1. The minimum Gasteiger partial charge on any atom is -0.361 e. The van der Waals surface area contributed by atoms with Crippen molar-refractivity contribution in [1.29, 1.82) is 0 Å². The van der Waals surface area contributed by atoms with Gasteiger partial charge in [0.15, 0.2) is 5.11 Å². The molecule has 126 valence electrons. The summed E-state index contributed by atoms with van der Waals surface area (Å²) in [6.45, 7) is 2.01. The molecule has 2 heterocycles. The predicted octanol–water partition coefficient (Wildman–Crippen LogP) is 3.56. The maximum Gasteiger partial charge on any atom is 0.252 e. The summed E-state index contributed by atoms with van der Waals surface area (Å²) >= 11 is 5.45. The highest BCUT2D eigenvalue weighted by atomic mass is 32.1. The molecule has 2 aromatic carbocycles. The molecule has 4 rings (SSSR count). The van der Waals surface area contributed by atoms with Gasteiger partial charge in [-0.1, -0.05) is 48.5 Å². The molecule has 25 heavy (non-hydrogen) atoms. The topological polar surface area (TPSA) is 48.1 Å². The summed E-state index contributed by atoms with van der Waals surface area (Å²) in [6.07, 6.45) is 2.59. The summed E-state index contributed by atoms with van der Waals surface area (Å²) in [7, 11) is 0. The van der Waals surface area contributed by atoms with Crippen LogP contribution in [-0.4, -0.2) is 26.9 Å². The zero-order valence-corrected chi connectivity index (χ0v) is 14.7. The molecule has 1 fully saturated rings. The standard InChI is InChI=1S/C20H19N3OS/c1-13(14-7-3-2-4-8-14)23-19(24)18(22-20(23)25)11-15-12-21-17-10-6-5-9-16(15)17/h2-10,12-13,18,21H,11H2,1H3,(H,22,25)/t13-,18+/m1/s1. The number of rotatable bonds is 4.